The zero-order valence-corrected chi connectivity index (χ0v) is 23.5. The van der Waals surface area contributed by atoms with Crippen molar-refractivity contribution in [3.63, 3.8) is 0 Å². The second-order valence-electron chi connectivity index (χ2n) is 9.96. The first kappa shape index (κ1) is 30.1. The third-order valence-corrected chi connectivity index (χ3v) is 6.57. The van der Waals surface area contributed by atoms with Crippen LogP contribution in [0.2, 0.25) is 0 Å². The molecule has 0 saturated heterocycles. The predicted octanol–water partition coefficient (Wildman–Crippen LogP) is 8.72. The molecule has 0 unspecified atom stereocenters. The van der Waals surface area contributed by atoms with Crippen molar-refractivity contribution in [2.75, 3.05) is 0 Å². The van der Waals surface area contributed by atoms with Gasteiger partial charge in [-0.15, -0.1) is 0 Å². The highest BCUT2D eigenvalue weighted by Gasteiger charge is 2.13. The first-order valence-electron chi connectivity index (χ1n) is 14.5. The molecule has 3 aromatic rings. The van der Waals surface area contributed by atoms with Crippen LogP contribution in [-0.2, 0) is 9.59 Å². The summed E-state index contributed by atoms with van der Waals surface area (Å²) in [6.07, 6.45) is 14.4. The number of carbonyl (C=O) groups excluding carboxylic acids is 2. The van der Waals surface area contributed by atoms with Gasteiger partial charge in [0.05, 0.1) is 0 Å². The Balaban J connectivity index is 1.44. The number of nitrogens with zero attached hydrogens (tertiary/aromatic N) is 2. The third-order valence-electron chi connectivity index (χ3n) is 6.57. The molecule has 1 heterocycles. The Morgan fingerprint density at radius 1 is 0.615 bits per heavy atom. The predicted molar refractivity (Wildman–Crippen MR) is 152 cm³/mol. The number of hydrogen-bond donors (Lipinski definition) is 0. The van der Waals surface area contributed by atoms with Crippen LogP contribution in [0, 0.1) is 0 Å². The lowest BCUT2D eigenvalue weighted by atomic mass is 10.1. The summed E-state index contributed by atoms with van der Waals surface area (Å²) >= 11 is 0. The minimum atomic E-state index is -0.213. The van der Waals surface area contributed by atoms with E-state index in [0.717, 1.165) is 36.8 Å². The van der Waals surface area contributed by atoms with E-state index in [-0.39, 0.29) is 11.9 Å². The van der Waals surface area contributed by atoms with Crippen LogP contribution in [-0.4, -0.2) is 22.1 Å². The number of esters is 2. The molecule has 0 fully saturated rings. The maximum absolute atomic E-state index is 12.1. The van der Waals surface area contributed by atoms with Gasteiger partial charge in [0.15, 0.2) is 0 Å². The van der Waals surface area contributed by atoms with Crippen molar-refractivity contribution in [2.24, 2.45) is 0 Å². The maximum atomic E-state index is 12.1. The highest BCUT2D eigenvalue weighted by molar-refractivity contribution is 5.73. The summed E-state index contributed by atoms with van der Waals surface area (Å²) in [5.41, 5.74) is 1.48. The van der Waals surface area contributed by atoms with Gasteiger partial charge in [-0.05, 0) is 61.4 Å². The summed E-state index contributed by atoms with van der Waals surface area (Å²) in [5.74, 6) is 1.37. The average Bonchev–Trinajstić information content (AvgIpc) is 3.44. The van der Waals surface area contributed by atoms with E-state index < -0.39 is 0 Å². The summed E-state index contributed by atoms with van der Waals surface area (Å²) in [6, 6.07) is 14.1. The highest BCUT2D eigenvalue weighted by atomic mass is 16.5. The van der Waals surface area contributed by atoms with E-state index in [9.17, 15) is 9.59 Å². The van der Waals surface area contributed by atoms with Gasteiger partial charge in [0.25, 0.3) is 5.89 Å². The van der Waals surface area contributed by atoms with E-state index in [1.165, 1.54) is 51.4 Å². The second-order valence-corrected chi connectivity index (χ2v) is 9.96. The number of ether oxygens (including phenoxy) is 2. The summed E-state index contributed by atoms with van der Waals surface area (Å²) in [7, 11) is 0. The number of rotatable bonds is 18. The van der Waals surface area contributed by atoms with E-state index in [1.807, 2.05) is 0 Å². The molecule has 7 nitrogen and oxygen atoms in total. The lowest BCUT2D eigenvalue weighted by molar-refractivity contribution is -0.135. The Morgan fingerprint density at radius 3 is 1.54 bits per heavy atom. The Hall–Kier alpha value is -3.48. The standard InChI is InChI=1S/C32H42N2O5/c1-3-5-7-9-11-13-15-29(35)37-27-21-17-25(18-22-27)31-33-32(39-34-31)26-19-23-28(24-20-26)38-30(36)16-14-12-10-8-6-4-2/h17-24H,3-16H2,1-2H3. The molecule has 0 aliphatic carbocycles. The molecule has 3 rings (SSSR count). The van der Waals surface area contributed by atoms with Gasteiger partial charge >= 0.3 is 11.9 Å². The zero-order chi connectivity index (χ0) is 27.7. The smallest absolute Gasteiger partial charge is 0.311 e. The van der Waals surface area contributed by atoms with Crippen molar-refractivity contribution >= 4 is 11.9 Å². The molecule has 0 aliphatic rings. The van der Waals surface area contributed by atoms with Crippen molar-refractivity contribution in [2.45, 2.75) is 104 Å². The minimum Gasteiger partial charge on any atom is -0.427 e. The van der Waals surface area contributed by atoms with Crippen LogP contribution in [0.25, 0.3) is 22.8 Å². The SMILES string of the molecule is CCCCCCCCC(=O)Oc1ccc(-c2noc(-c3ccc(OC(=O)CCCCCCCC)cc3)n2)cc1. The van der Waals surface area contributed by atoms with Crippen LogP contribution in [0.1, 0.15) is 104 Å². The molecular weight excluding hydrogens is 492 g/mol. The van der Waals surface area contributed by atoms with Crippen molar-refractivity contribution in [3.8, 4) is 34.3 Å². The van der Waals surface area contributed by atoms with Crippen LogP contribution in [0.4, 0.5) is 0 Å². The molecule has 0 aliphatic heterocycles. The van der Waals surface area contributed by atoms with Gasteiger partial charge in [-0.3, -0.25) is 9.59 Å². The van der Waals surface area contributed by atoms with Crippen molar-refractivity contribution < 1.29 is 23.6 Å². The Bertz CT molecular complexity index is 1030. The zero-order valence-electron chi connectivity index (χ0n) is 23.5. The first-order valence-corrected chi connectivity index (χ1v) is 14.5. The van der Waals surface area contributed by atoms with Crippen LogP contribution in [0.15, 0.2) is 53.1 Å². The number of hydrogen-bond acceptors (Lipinski definition) is 7. The fourth-order valence-corrected chi connectivity index (χ4v) is 4.26. The van der Waals surface area contributed by atoms with Crippen molar-refractivity contribution in [3.05, 3.63) is 48.5 Å². The van der Waals surface area contributed by atoms with Crippen LogP contribution in [0.3, 0.4) is 0 Å². The van der Waals surface area contributed by atoms with Crippen LogP contribution < -0.4 is 9.47 Å². The fraction of sp³-hybridized carbons (Fsp3) is 0.500. The van der Waals surface area contributed by atoms with Gasteiger partial charge in [-0.2, -0.15) is 4.98 Å². The quantitative estimate of drug-likeness (QED) is 0.0915. The average molecular weight is 535 g/mol. The Kier molecular flexibility index (Phi) is 13.2. The largest absolute Gasteiger partial charge is 0.427 e. The van der Waals surface area contributed by atoms with Gasteiger partial charge in [-0.25, -0.2) is 0 Å². The number of carbonyl (C=O) groups is 2. The summed E-state index contributed by atoms with van der Waals surface area (Å²) < 4.78 is 16.3. The third kappa shape index (κ3) is 11.0. The molecule has 7 heteroatoms. The van der Waals surface area contributed by atoms with E-state index >= 15 is 0 Å². The van der Waals surface area contributed by atoms with Gasteiger partial charge < -0.3 is 14.0 Å². The first-order chi connectivity index (χ1) is 19.1. The molecular formula is C32H42N2O5. The van der Waals surface area contributed by atoms with E-state index in [2.05, 4.69) is 24.0 Å². The molecule has 0 spiro atoms. The van der Waals surface area contributed by atoms with Gasteiger partial charge in [0.2, 0.25) is 5.82 Å². The molecule has 1 aromatic heterocycles. The minimum absolute atomic E-state index is 0.211. The monoisotopic (exact) mass is 534 g/mol. The summed E-state index contributed by atoms with van der Waals surface area (Å²) in [6.45, 7) is 4.38. The molecule has 0 saturated carbocycles. The van der Waals surface area contributed by atoms with Gasteiger partial charge in [0.1, 0.15) is 11.5 Å². The normalized spacial score (nSPS) is 10.9. The summed E-state index contributed by atoms with van der Waals surface area (Å²) in [4.78, 5) is 28.7. The highest BCUT2D eigenvalue weighted by Crippen LogP contribution is 2.26. The molecule has 0 amide bonds. The molecule has 0 bridgehead atoms. The summed E-state index contributed by atoms with van der Waals surface area (Å²) in [5, 5.41) is 4.08. The van der Waals surface area contributed by atoms with E-state index in [0.29, 0.717) is 36.1 Å². The lowest BCUT2D eigenvalue weighted by Gasteiger charge is -2.05. The number of unbranched alkanes of at least 4 members (excludes halogenated alkanes) is 10. The lowest BCUT2D eigenvalue weighted by Crippen LogP contribution is -2.07. The molecule has 2 aromatic carbocycles. The van der Waals surface area contributed by atoms with E-state index in [4.69, 9.17) is 14.0 Å². The second kappa shape index (κ2) is 17.2. The molecule has 39 heavy (non-hydrogen) atoms. The number of aromatic nitrogens is 2. The van der Waals surface area contributed by atoms with Crippen LogP contribution in [0.5, 0.6) is 11.5 Å². The fourth-order valence-electron chi connectivity index (χ4n) is 4.26. The molecule has 0 atom stereocenters. The van der Waals surface area contributed by atoms with Gasteiger partial charge in [-0.1, -0.05) is 83.2 Å². The topological polar surface area (TPSA) is 91.5 Å². The molecule has 0 radical (unpaired) electrons. The molecule has 210 valence electrons. The molecule has 0 N–H and O–H groups in total. The Morgan fingerprint density at radius 2 is 1.05 bits per heavy atom. The van der Waals surface area contributed by atoms with E-state index in [1.54, 1.807) is 48.5 Å². The van der Waals surface area contributed by atoms with Crippen molar-refractivity contribution in [1.82, 2.24) is 10.1 Å². The number of benzene rings is 2. The Labute approximate surface area is 232 Å². The van der Waals surface area contributed by atoms with Crippen molar-refractivity contribution in [1.29, 1.82) is 0 Å². The maximum Gasteiger partial charge on any atom is 0.311 e. The van der Waals surface area contributed by atoms with Gasteiger partial charge in [0, 0.05) is 24.0 Å². The van der Waals surface area contributed by atoms with Crippen LogP contribution >= 0.6 is 0 Å².